The zero-order valence-electron chi connectivity index (χ0n) is 10.7. The molecule has 0 fully saturated rings. The maximum Gasteiger partial charge on any atom is 0.0964 e. The Bertz CT molecular complexity index is 509. The largest absolute Gasteiger partial charge is 0.241 e. The van der Waals surface area contributed by atoms with Crippen molar-refractivity contribution in [2.75, 3.05) is 0 Å². The van der Waals surface area contributed by atoms with Gasteiger partial charge >= 0.3 is 0 Å². The van der Waals surface area contributed by atoms with Crippen molar-refractivity contribution in [3.8, 4) is 0 Å². The van der Waals surface area contributed by atoms with Crippen LogP contribution in [0.25, 0.3) is 10.2 Å². The third-order valence-corrected chi connectivity index (χ3v) is 4.19. The molecule has 1 heterocycles. The molecule has 0 N–H and O–H groups in total. The second-order valence-corrected chi connectivity index (χ2v) is 6.11. The molecule has 2 rings (SSSR count). The Kier molecular flexibility index (Phi) is 3.02. The van der Waals surface area contributed by atoms with Crippen LogP contribution in [0.1, 0.15) is 55.7 Å². The van der Waals surface area contributed by atoms with Gasteiger partial charge in [0.05, 0.1) is 15.2 Å². The minimum absolute atomic E-state index is 0.527. The van der Waals surface area contributed by atoms with Gasteiger partial charge in [-0.05, 0) is 30.0 Å². The summed E-state index contributed by atoms with van der Waals surface area (Å²) in [6, 6.07) is 4.58. The average molecular weight is 233 g/mol. The summed E-state index contributed by atoms with van der Waals surface area (Å²) in [5.41, 5.74) is 3.92. The normalized spacial score (nSPS) is 11.9. The first kappa shape index (κ1) is 11.6. The number of thiazole rings is 1. The molecule has 86 valence electrons. The highest BCUT2D eigenvalue weighted by Crippen LogP contribution is 2.31. The minimum atomic E-state index is 0.527. The van der Waals surface area contributed by atoms with Crippen molar-refractivity contribution in [2.45, 2.75) is 46.5 Å². The SMILES string of the molecule is Cc1cc(C(C)C)cc2sc(C(C)C)nc12. The number of fused-ring (bicyclic) bond motifs is 1. The van der Waals surface area contributed by atoms with Crippen molar-refractivity contribution in [2.24, 2.45) is 0 Å². The molecular weight excluding hydrogens is 214 g/mol. The van der Waals surface area contributed by atoms with E-state index in [4.69, 9.17) is 4.98 Å². The molecule has 0 aliphatic heterocycles. The van der Waals surface area contributed by atoms with Gasteiger partial charge in [0.2, 0.25) is 0 Å². The van der Waals surface area contributed by atoms with Gasteiger partial charge in [-0.1, -0.05) is 33.8 Å². The Morgan fingerprint density at radius 1 is 1.06 bits per heavy atom. The van der Waals surface area contributed by atoms with E-state index in [1.807, 2.05) is 11.3 Å². The van der Waals surface area contributed by atoms with E-state index >= 15 is 0 Å². The molecule has 16 heavy (non-hydrogen) atoms. The first-order valence-electron chi connectivity index (χ1n) is 5.90. The zero-order valence-corrected chi connectivity index (χ0v) is 11.5. The lowest BCUT2D eigenvalue weighted by Gasteiger charge is -2.06. The molecule has 0 atom stereocenters. The Labute approximate surface area is 102 Å². The van der Waals surface area contributed by atoms with Crippen LogP contribution < -0.4 is 0 Å². The summed E-state index contributed by atoms with van der Waals surface area (Å²) in [5.74, 6) is 1.12. The van der Waals surface area contributed by atoms with E-state index in [1.165, 1.54) is 26.4 Å². The van der Waals surface area contributed by atoms with E-state index in [9.17, 15) is 0 Å². The van der Waals surface area contributed by atoms with E-state index in [0.717, 1.165) is 0 Å². The van der Waals surface area contributed by atoms with E-state index in [-0.39, 0.29) is 0 Å². The van der Waals surface area contributed by atoms with Gasteiger partial charge in [-0.3, -0.25) is 0 Å². The topological polar surface area (TPSA) is 12.9 Å². The van der Waals surface area contributed by atoms with Crippen LogP contribution in [0.4, 0.5) is 0 Å². The third-order valence-electron chi connectivity index (χ3n) is 2.88. The summed E-state index contributed by atoms with van der Waals surface area (Å²) < 4.78 is 1.34. The van der Waals surface area contributed by atoms with Crippen LogP contribution >= 0.6 is 11.3 Å². The lowest BCUT2D eigenvalue weighted by molar-refractivity contribution is 0.855. The van der Waals surface area contributed by atoms with Gasteiger partial charge in [0, 0.05) is 5.92 Å². The van der Waals surface area contributed by atoms with Gasteiger partial charge < -0.3 is 0 Å². The predicted octanol–water partition coefficient (Wildman–Crippen LogP) is 4.85. The molecule has 1 aromatic carbocycles. The number of nitrogens with zero attached hydrogens (tertiary/aromatic N) is 1. The molecule has 2 heteroatoms. The van der Waals surface area contributed by atoms with Gasteiger partial charge in [-0.15, -0.1) is 11.3 Å². The molecule has 0 bridgehead atoms. The van der Waals surface area contributed by atoms with E-state index < -0.39 is 0 Å². The van der Waals surface area contributed by atoms with E-state index in [2.05, 4.69) is 46.8 Å². The van der Waals surface area contributed by atoms with Gasteiger partial charge in [0.15, 0.2) is 0 Å². The summed E-state index contributed by atoms with van der Waals surface area (Å²) in [6.45, 7) is 11.1. The second kappa shape index (κ2) is 4.17. The maximum absolute atomic E-state index is 4.73. The van der Waals surface area contributed by atoms with Crippen LogP contribution in [0.3, 0.4) is 0 Å². The highest BCUT2D eigenvalue weighted by atomic mass is 32.1. The molecule has 0 aliphatic rings. The molecule has 0 amide bonds. The smallest absolute Gasteiger partial charge is 0.0964 e. The molecule has 2 aromatic rings. The number of hydrogen-bond acceptors (Lipinski definition) is 2. The van der Waals surface area contributed by atoms with Crippen molar-refractivity contribution in [1.82, 2.24) is 4.98 Å². The number of aromatic nitrogens is 1. The van der Waals surface area contributed by atoms with Crippen molar-refractivity contribution in [3.05, 3.63) is 28.3 Å². The summed E-state index contributed by atoms with van der Waals surface area (Å²) in [6.07, 6.45) is 0. The monoisotopic (exact) mass is 233 g/mol. The van der Waals surface area contributed by atoms with Crippen LogP contribution in [-0.4, -0.2) is 4.98 Å². The van der Waals surface area contributed by atoms with Crippen LogP contribution in [0.15, 0.2) is 12.1 Å². The fourth-order valence-corrected chi connectivity index (χ4v) is 2.92. The fraction of sp³-hybridized carbons (Fsp3) is 0.500. The minimum Gasteiger partial charge on any atom is -0.241 e. The molecule has 0 spiro atoms. The van der Waals surface area contributed by atoms with Crippen molar-refractivity contribution < 1.29 is 0 Å². The lowest BCUT2D eigenvalue weighted by Crippen LogP contribution is -1.89. The lowest BCUT2D eigenvalue weighted by atomic mass is 10.0. The van der Waals surface area contributed by atoms with Gasteiger partial charge in [-0.25, -0.2) is 4.98 Å². The second-order valence-electron chi connectivity index (χ2n) is 5.05. The van der Waals surface area contributed by atoms with Gasteiger partial charge in [0.1, 0.15) is 0 Å². The third kappa shape index (κ3) is 1.99. The highest BCUT2D eigenvalue weighted by molar-refractivity contribution is 7.18. The van der Waals surface area contributed by atoms with Gasteiger partial charge in [0.25, 0.3) is 0 Å². The van der Waals surface area contributed by atoms with Gasteiger partial charge in [-0.2, -0.15) is 0 Å². The highest BCUT2D eigenvalue weighted by Gasteiger charge is 2.11. The number of benzene rings is 1. The van der Waals surface area contributed by atoms with Crippen molar-refractivity contribution >= 4 is 21.6 Å². The fourth-order valence-electron chi connectivity index (χ4n) is 1.82. The molecule has 1 aromatic heterocycles. The standard InChI is InChI=1S/C14H19NS/c1-8(2)11-6-10(5)13-12(7-11)16-14(15-13)9(3)4/h6-9H,1-5H3. The molecule has 0 radical (unpaired) electrons. The number of rotatable bonds is 2. The zero-order chi connectivity index (χ0) is 11.9. The van der Waals surface area contributed by atoms with E-state index in [1.54, 1.807) is 0 Å². The summed E-state index contributed by atoms with van der Waals surface area (Å²) in [5, 5.41) is 1.25. The Balaban J connectivity index is 2.63. The average Bonchev–Trinajstić information content (AvgIpc) is 2.61. The van der Waals surface area contributed by atoms with Crippen LogP contribution in [0.2, 0.25) is 0 Å². The molecule has 1 nitrogen and oxygen atoms in total. The molecule has 0 saturated heterocycles. The predicted molar refractivity (Wildman–Crippen MR) is 72.5 cm³/mol. The Morgan fingerprint density at radius 3 is 2.31 bits per heavy atom. The number of hydrogen-bond donors (Lipinski definition) is 0. The van der Waals surface area contributed by atoms with Crippen LogP contribution in [0, 0.1) is 6.92 Å². The number of aryl methyl sites for hydroxylation is 1. The van der Waals surface area contributed by atoms with Crippen molar-refractivity contribution in [1.29, 1.82) is 0 Å². The van der Waals surface area contributed by atoms with Crippen LogP contribution in [-0.2, 0) is 0 Å². The molecular formula is C14H19NS. The summed E-state index contributed by atoms with van der Waals surface area (Å²) in [4.78, 5) is 4.73. The summed E-state index contributed by atoms with van der Waals surface area (Å²) in [7, 11) is 0. The first-order valence-corrected chi connectivity index (χ1v) is 6.71. The molecule has 0 saturated carbocycles. The van der Waals surface area contributed by atoms with E-state index in [0.29, 0.717) is 11.8 Å². The summed E-state index contributed by atoms with van der Waals surface area (Å²) >= 11 is 1.84. The Morgan fingerprint density at radius 2 is 1.75 bits per heavy atom. The van der Waals surface area contributed by atoms with Crippen LogP contribution in [0.5, 0.6) is 0 Å². The Hall–Kier alpha value is -0.890. The van der Waals surface area contributed by atoms with Crippen molar-refractivity contribution in [3.63, 3.8) is 0 Å². The quantitative estimate of drug-likeness (QED) is 0.722. The maximum atomic E-state index is 4.73. The first-order chi connectivity index (χ1) is 7.49. The molecule has 0 aliphatic carbocycles. The molecule has 0 unspecified atom stereocenters.